The topological polar surface area (TPSA) is 29.9 Å². The largest absolute Gasteiger partial charge is 0.312 e. The fourth-order valence-corrected chi connectivity index (χ4v) is 3.75. The van der Waals surface area contributed by atoms with Gasteiger partial charge in [0.25, 0.3) is 0 Å². The van der Waals surface area contributed by atoms with Crippen LogP contribution >= 0.6 is 11.6 Å². The van der Waals surface area contributed by atoms with Crippen molar-refractivity contribution >= 4 is 11.6 Å². The van der Waals surface area contributed by atoms with Crippen molar-refractivity contribution in [2.24, 2.45) is 18.9 Å². The molecule has 1 heterocycles. The van der Waals surface area contributed by atoms with E-state index in [1.807, 2.05) is 11.7 Å². The third kappa shape index (κ3) is 4.23. The SMILES string of the molecule is CCc1nn(C)c(CC2CCCC2CNC(C)(C)C)c1Cl. The monoisotopic (exact) mass is 311 g/mol. The van der Waals surface area contributed by atoms with E-state index >= 15 is 0 Å². The summed E-state index contributed by atoms with van der Waals surface area (Å²) in [6.07, 6.45) is 5.98. The van der Waals surface area contributed by atoms with Gasteiger partial charge in [-0.2, -0.15) is 5.10 Å². The summed E-state index contributed by atoms with van der Waals surface area (Å²) in [5, 5.41) is 9.12. The molecule has 0 aliphatic heterocycles. The van der Waals surface area contributed by atoms with E-state index in [0.717, 1.165) is 41.9 Å². The molecular weight excluding hydrogens is 282 g/mol. The predicted molar refractivity (Wildman–Crippen MR) is 89.9 cm³/mol. The van der Waals surface area contributed by atoms with Crippen molar-refractivity contribution < 1.29 is 0 Å². The Hall–Kier alpha value is -0.540. The highest BCUT2D eigenvalue weighted by molar-refractivity contribution is 6.31. The smallest absolute Gasteiger partial charge is 0.0849 e. The van der Waals surface area contributed by atoms with Gasteiger partial charge in [0.05, 0.1) is 16.4 Å². The Morgan fingerprint density at radius 2 is 1.95 bits per heavy atom. The normalized spacial score (nSPS) is 23.0. The lowest BCUT2D eigenvalue weighted by Crippen LogP contribution is -2.40. The summed E-state index contributed by atoms with van der Waals surface area (Å²) in [5.41, 5.74) is 2.46. The summed E-state index contributed by atoms with van der Waals surface area (Å²) in [6, 6.07) is 0. The van der Waals surface area contributed by atoms with Gasteiger partial charge in [0.2, 0.25) is 0 Å². The zero-order chi connectivity index (χ0) is 15.6. The molecule has 1 aromatic heterocycles. The van der Waals surface area contributed by atoms with Crippen LogP contribution < -0.4 is 5.32 Å². The van der Waals surface area contributed by atoms with E-state index in [-0.39, 0.29) is 5.54 Å². The average molecular weight is 312 g/mol. The molecule has 0 saturated heterocycles. The Morgan fingerprint density at radius 1 is 1.29 bits per heavy atom. The van der Waals surface area contributed by atoms with E-state index in [4.69, 9.17) is 11.6 Å². The maximum Gasteiger partial charge on any atom is 0.0849 e. The first-order valence-corrected chi connectivity index (χ1v) is 8.65. The zero-order valence-corrected chi connectivity index (χ0v) is 14.9. The van der Waals surface area contributed by atoms with Crippen LogP contribution in [0, 0.1) is 11.8 Å². The maximum absolute atomic E-state index is 6.51. The van der Waals surface area contributed by atoms with Crippen molar-refractivity contribution in [3.8, 4) is 0 Å². The number of nitrogens with one attached hydrogen (secondary N) is 1. The van der Waals surface area contributed by atoms with Crippen molar-refractivity contribution in [3.63, 3.8) is 0 Å². The van der Waals surface area contributed by atoms with Crippen molar-refractivity contribution in [2.75, 3.05) is 6.54 Å². The highest BCUT2D eigenvalue weighted by Crippen LogP contribution is 2.36. The van der Waals surface area contributed by atoms with Crippen molar-refractivity contribution in [3.05, 3.63) is 16.4 Å². The van der Waals surface area contributed by atoms with Crippen LogP contribution in [0.15, 0.2) is 0 Å². The summed E-state index contributed by atoms with van der Waals surface area (Å²) in [7, 11) is 2.03. The number of halogens is 1. The van der Waals surface area contributed by atoms with Gasteiger partial charge in [-0.3, -0.25) is 4.68 Å². The first kappa shape index (κ1) is 16.8. The number of hydrogen-bond donors (Lipinski definition) is 1. The fraction of sp³-hybridized carbons (Fsp3) is 0.824. The third-order valence-electron chi connectivity index (χ3n) is 4.67. The number of aromatic nitrogens is 2. The molecule has 0 aromatic carbocycles. The fourth-order valence-electron chi connectivity index (χ4n) is 3.38. The Kier molecular flexibility index (Phi) is 5.37. The lowest BCUT2D eigenvalue weighted by molar-refractivity contribution is 0.314. The molecule has 2 unspecified atom stereocenters. The number of rotatable bonds is 5. The molecule has 0 bridgehead atoms. The molecule has 1 N–H and O–H groups in total. The number of aryl methyl sites for hydroxylation is 2. The van der Waals surface area contributed by atoms with E-state index in [0.29, 0.717) is 0 Å². The molecule has 4 heteroatoms. The van der Waals surface area contributed by atoms with Crippen molar-refractivity contribution in [1.29, 1.82) is 0 Å². The van der Waals surface area contributed by atoms with Gasteiger partial charge < -0.3 is 5.32 Å². The quantitative estimate of drug-likeness (QED) is 0.891. The lowest BCUT2D eigenvalue weighted by atomic mass is 9.90. The second kappa shape index (κ2) is 6.70. The molecular formula is C17H30ClN3. The van der Waals surface area contributed by atoms with Gasteiger partial charge in [0.15, 0.2) is 0 Å². The lowest BCUT2D eigenvalue weighted by Gasteiger charge is -2.26. The maximum atomic E-state index is 6.51. The van der Waals surface area contributed by atoms with Gasteiger partial charge in [-0.05, 0) is 64.8 Å². The molecule has 2 atom stereocenters. The van der Waals surface area contributed by atoms with Crippen LogP contribution in [0.25, 0.3) is 0 Å². The van der Waals surface area contributed by atoms with E-state index in [9.17, 15) is 0 Å². The van der Waals surface area contributed by atoms with Gasteiger partial charge in [-0.1, -0.05) is 24.9 Å². The van der Waals surface area contributed by atoms with Gasteiger partial charge in [0, 0.05) is 12.6 Å². The van der Waals surface area contributed by atoms with E-state index < -0.39 is 0 Å². The van der Waals surface area contributed by atoms with Crippen LogP contribution in [0.5, 0.6) is 0 Å². The van der Waals surface area contributed by atoms with Crippen LogP contribution in [0.1, 0.15) is 58.3 Å². The third-order valence-corrected chi connectivity index (χ3v) is 5.11. The Morgan fingerprint density at radius 3 is 2.52 bits per heavy atom. The highest BCUT2D eigenvalue weighted by Gasteiger charge is 2.30. The molecule has 0 amide bonds. The van der Waals surface area contributed by atoms with Crippen LogP contribution in [0.3, 0.4) is 0 Å². The predicted octanol–water partition coefficient (Wildman–Crippen LogP) is 3.98. The summed E-state index contributed by atoms with van der Waals surface area (Å²) in [5.74, 6) is 1.50. The molecule has 1 aliphatic rings. The van der Waals surface area contributed by atoms with Crippen LogP contribution in [-0.4, -0.2) is 21.9 Å². The molecule has 120 valence electrons. The standard InChI is InChI=1S/C17H30ClN3/c1-6-14-16(18)15(21(5)20-14)10-12-8-7-9-13(12)11-19-17(2,3)4/h12-13,19H,6-11H2,1-5H3. The minimum atomic E-state index is 0.201. The first-order valence-electron chi connectivity index (χ1n) is 8.27. The molecule has 3 nitrogen and oxygen atoms in total. The first-order chi connectivity index (χ1) is 9.81. The molecule has 21 heavy (non-hydrogen) atoms. The van der Waals surface area contributed by atoms with Crippen LogP contribution in [0.2, 0.25) is 5.02 Å². The summed E-state index contributed by atoms with van der Waals surface area (Å²) in [6.45, 7) is 9.95. The number of hydrogen-bond acceptors (Lipinski definition) is 2. The summed E-state index contributed by atoms with van der Waals surface area (Å²) in [4.78, 5) is 0. The zero-order valence-electron chi connectivity index (χ0n) is 14.2. The summed E-state index contributed by atoms with van der Waals surface area (Å²) >= 11 is 6.51. The second-order valence-electron chi connectivity index (χ2n) is 7.47. The van der Waals surface area contributed by atoms with E-state index in [2.05, 4.69) is 38.1 Å². The molecule has 0 spiro atoms. The second-order valence-corrected chi connectivity index (χ2v) is 7.85. The minimum Gasteiger partial charge on any atom is -0.312 e. The van der Waals surface area contributed by atoms with E-state index in [1.165, 1.54) is 25.0 Å². The Bertz CT molecular complexity index is 473. The average Bonchev–Trinajstić information content (AvgIpc) is 2.95. The van der Waals surface area contributed by atoms with Crippen molar-refractivity contribution in [1.82, 2.24) is 15.1 Å². The highest BCUT2D eigenvalue weighted by atomic mass is 35.5. The van der Waals surface area contributed by atoms with Crippen LogP contribution in [-0.2, 0) is 19.9 Å². The molecule has 1 fully saturated rings. The van der Waals surface area contributed by atoms with Gasteiger partial charge in [0.1, 0.15) is 0 Å². The van der Waals surface area contributed by atoms with E-state index in [1.54, 1.807) is 0 Å². The molecule has 1 saturated carbocycles. The molecule has 1 aliphatic carbocycles. The van der Waals surface area contributed by atoms with Gasteiger partial charge in [-0.25, -0.2) is 0 Å². The van der Waals surface area contributed by atoms with Crippen LogP contribution in [0.4, 0.5) is 0 Å². The summed E-state index contributed by atoms with van der Waals surface area (Å²) < 4.78 is 1.99. The molecule has 2 rings (SSSR count). The number of nitrogens with zero attached hydrogens (tertiary/aromatic N) is 2. The Labute approximate surface area is 134 Å². The minimum absolute atomic E-state index is 0.201. The van der Waals surface area contributed by atoms with Crippen molar-refractivity contribution in [2.45, 2.75) is 65.3 Å². The Balaban J connectivity index is 2.03. The molecule has 1 aromatic rings. The van der Waals surface area contributed by atoms with Gasteiger partial charge >= 0.3 is 0 Å². The molecule has 0 radical (unpaired) electrons. The van der Waals surface area contributed by atoms with Gasteiger partial charge in [-0.15, -0.1) is 0 Å².